The van der Waals surface area contributed by atoms with Gasteiger partial charge in [-0.1, -0.05) is 5.21 Å². The van der Waals surface area contributed by atoms with Gasteiger partial charge < -0.3 is 0 Å². The summed E-state index contributed by atoms with van der Waals surface area (Å²) in [6.07, 6.45) is 1.49. The van der Waals surface area contributed by atoms with E-state index in [-0.39, 0.29) is 5.78 Å². The topological polar surface area (TPSA) is 47.8 Å². The molecule has 0 saturated carbocycles. The first kappa shape index (κ1) is 9.08. The quantitative estimate of drug-likeness (QED) is 0.700. The minimum atomic E-state index is -0.00926. The van der Waals surface area contributed by atoms with E-state index in [0.717, 1.165) is 10.4 Å². The number of aryl methyl sites for hydroxylation is 2. The maximum absolute atomic E-state index is 11.9. The highest BCUT2D eigenvalue weighted by Crippen LogP contribution is 2.18. The van der Waals surface area contributed by atoms with Crippen molar-refractivity contribution in [2.24, 2.45) is 7.05 Å². The number of rotatable bonds is 2. The summed E-state index contributed by atoms with van der Waals surface area (Å²) in [5.74, 6) is -0.00926. The van der Waals surface area contributed by atoms with Crippen LogP contribution in [0.15, 0.2) is 17.6 Å². The molecule has 0 aliphatic heterocycles. The zero-order valence-corrected chi connectivity index (χ0v) is 8.71. The van der Waals surface area contributed by atoms with Gasteiger partial charge >= 0.3 is 0 Å². The summed E-state index contributed by atoms with van der Waals surface area (Å²) in [6, 6.07) is 1.93. The minimum Gasteiger partial charge on any atom is -0.286 e. The summed E-state index contributed by atoms with van der Waals surface area (Å²) in [6.45, 7) is 1.92. The fourth-order valence-electron chi connectivity index (χ4n) is 1.22. The van der Waals surface area contributed by atoms with Crippen LogP contribution < -0.4 is 0 Å². The Labute approximate surface area is 85.2 Å². The van der Waals surface area contributed by atoms with E-state index in [9.17, 15) is 4.79 Å². The number of carbonyl (C=O) groups is 1. The van der Waals surface area contributed by atoms with E-state index < -0.39 is 0 Å². The molecule has 5 heteroatoms. The molecular formula is C9H9N3OS. The minimum absolute atomic E-state index is 0.00926. The summed E-state index contributed by atoms with van der Waals surface area (Å²) >= 11 is 1.45. The summed E-state index contributed by atoms with van der Waals surface area (Å²) in [5, 5.41) is 9.32. The highest BCUT2D eigenvalue weighted by molar-refractivity contribution is 7.12. The number of ketones is 1. The van der Waals surface area contributed by atoms with Gasteiger partial charge in [-0.3, -0.25) is 4.79 Å². The van der Waals surface area contributed by atoms with Gasteiger partial charge in [0.25, 0.3) is 0 Å². The molecule has 2 aromatic rings. The molecule has 2 heterocycles. The summed E-state index contributed by atoms with van der Waals surface area (Å²) < 4.78 is 1.49. The van der Waals surface area contributed by atoms with E-state index in [1.54, 1.807) is 7.05 Å². The van der Waals surface area contributed by atoms with Crippen LogP contribution in [0.2, 0.25) is 0 Å². The van der Waals surface area contributed by atoms with Crippen molar-refractivity contribution in [1.29, 1.82) is 0 Å². The highest BCUT2D eigenvalue weighted by Gasteiger charge is 2.16. The second kappa shape index (κ2) is 3.34. The smallest absolute Gasteiger partial charge is 0.222 e. The van der Waals surface area contributed by atoms with E-state index in [2.05, 4.69) is 10.3 Å². The van der Waals surface area contributed by atoms with Crippen LogP contribution in [0.5, 0.6) is 0 Å². The second-order valence-electron chi connectivity index (χ2n) is 3.00. The molecular weight excluding hydrogens is 198 g/mol. The highest BCUT2D eigenvalue weighted by atomic mass is 32.1. The number of thiophene rings is 1. The molecule has 0 fully saturated rings. The Hall–Kier alpha value is -1.49. The van der Waals surface area contributed by atoms with Crippen molar-refractivity contribution in [2.45, 2.75) is 6.92 Å². The molecule has 0 aliphatic rings. The van der Waals surface area contributed by atoms with Gasteiger partial charge in [0.2, 0.25) is 5.78 Å². The standard InChI is InChI=1S/C9H9N3OS/c1-6-3-4-14-9(6)8(13)7-5-10-11-12(7)2/h3-5H,1-2H3. The molecule has 0 aliphatic carbocycles. The predicted octanol–water partition coefficient (Wildman–Crippen LogP) is 1.42. The molecule has 2 aromatic heterocycles. The predicted molar refractivity (Wildman–Crippen MR) is 53.5 cm³/mol. The van der Waals surface area contributed by atoms with E-state index in [4.69, 9.17) is 0 Å². The van der Waals surface area contributed by atoms with Crippen molar-refractivity contribution < 1.29 is 4.79 Å². The Morgan fingerprint density at radius 2 is 2.36 bits per heavy atom. The van der Waals surface area contributed by atoms with E-state index >= 15 is 0 Å². The van der Waals surface area contributed by atoms with Gasteiger partial charge in [-0.2, -0.15) is 0 Å². The average Bonchev–Trinajstić information content (AvgIpc) is 2.73. The SMILES string of the molecule is Cc1ccsc1C(=O)c1cnnn1C. The monoisotopic (exact) mass is 207 g/mol. The van der Waals surface area contributed by atoms with E-state index in [1.165, 1.54) is 22.2 Å². The van der Waals surface area contributed by atoms with Gasteiger partial charge in [0.1, 0.15) is 5.69 Å². The zero-order valence-electron chi connectivity index (χ0n) is 7.89. The first-order chi connectivity index (χ1) is 6.70. The van der Waals surface area contributed by atoms with Crippen LogP contribution in [0.4, 0.5) is 0 Å². The van der Waals surface area contributed by atoms with Gasteiger partial charge in [0, 0.05) is 7.05 Å². The number of aromatic nitrogens is 3. The molecule has 0 spiro atoms. The number of nitrogens with zero attached hydrogens (tertiary/aromatic N) is 3. The third-order valence-electron chi connectivity index (χ3n) is 2.02. The molecule has 4 nitrogen and oxygen atoms in total. The second-order valence-corrected chi connectivity index (χ2v) is 3.92. The summed E-state index contributed by atoms with van der Waals surface area (Å²) in [5.41, 5.74) is 1.52. The van der Waals surface area contributed by atoms with Gasteiger partial charge in [0.15, 0.2) is 0 Å². The summed E-state index contributed by atoms with van der Waals surface area (Å²) in [7, 11) is 1.71. The lowest BCUT2D eigenvalue weighted by Gasteiger charge is -1.98. The van der Waals surface area contributed by atoms with Crippen LogP contribution in [-0.4, -0.2) is 20.8 Å². The molecule has 0 amide bonds. The maximum atomic E-state index is 11.9. The van der Waals surface area contributed by atoms with Gasteiger partial charge in [0.05, 0.1) is 11.1 Å². The van der Waals surface area contributed by atoms with Crippen LogP contribution in [0.1, 0.15) is 20.9 Å². The van der Waals surface area contributed by atoms with Crippen LogP contribution in [-0.2, 0) is 7.05 Å². The van der Waals surface area contributed by atoms with Crippen molar-refractivity contribution in [3.63, 3.8) is 0 Å². The molecule has 0 atom stereocenters. The molecule has 0 unspecified atom stereocenters. The van der Waals surface area contributed by atoms with E-state index in [0.29, 0.717) is 5.69 Å². The lowest BCUT2D eigenvalue weighted by atomic mass is 10.2. The summed E-state index contributed by atoms with van der Waals surface area (Å²) in [4.78, 5) is 12.7. The van der Waals surface area contributed by atoms with Crippen LogP contribution >= 0.6 is 11.3 Å². The molecule has 14 heavy (non-hydrogen) atoms. The van der Waals surface area contributed by atoms with Crippen LogP contribution in [0.25, 0.3) is 0 Å². The van der Waals surface area contributed by atoms with Gasteiger partial charge in [-0.05, 0) is 23.9 Å². The molecule has 0 bridgehead atoms. The van der Waals surface area contributed by atoms with Gasteiger partial charge in [-0.25, -0.2) is 4.68 Å². The van der Waals surface area contributed by atoms with Crippen molar-refractivity contribution >= 4 is 17.1 Å². The van der Waals surface area contributed by atoms with Gasteiger partial charge in [-0.15, -0.1) is 16.4 Å². The van der Waals surface area contributed by atoms with E-state index in [1.807, 2.05) is 18.4 Å². The van der Waals surface area contributed by atoms with Crippen LogP contribution in [0.3, 0.4) is 0 Å². The number of hydrogen-bond donors (Lipinski definition) is 0. The maximum Gasteiger partial charge on any atom is 0.222 e. The third-order valence-corrected chi connectivity index (χ3v) is 3.03. The average molecular weight is 207 g/mol. The third kappa shape index (κ3) is 1.35. The Morgan fingerprint density at radius 1 is 1.57 bits per heavy atom. The largest absolute Gasteiger partial charge is 0.286 e. The molecule has 0 radical (unpaired) electrons. The van der Waals surface area contributed by atoms with Crippen LogP contribution in [0, 0.1) is 6.92 Å². The normalized spacial score (nSPS) is 10.4. The molecule has 0 aromatic carbocycles. The Balaban J connectivity index is 2.44. The fraction of sp³-hybridized carbons (Fsp3) is 0.222. The van der Waals surface area contributed by atoms with Crippen molar-refractivity contribution in [2.75, 3.05) is 0 Å². The lowest BCUT2D eigenvalue weighted by molar-refractivity contribution is 0.103. The molecule has 0 saturated heterocycles. The number of carbonyl (C=O) groups excluding carboxylic acids is 1. The lowest BCUT2D eigenvalue weighted by Crippen LogP contribution is -2.07. The van der Waals surface area contributed by atoms with Crippen molar-refractivity contribution in [1.82, 2.24) is 15.0 Å². The Morgan fingerprint density at radius 3 is 2.86 bits per heavy atom. The van der Waals surface area contributed by atoms with Crippen molar-refractivity contribution in [3.8, 4) is 0 Å². The molecule has 2 rings (SSSR count). The zero-order chi connectivity index (χ0) is 10.1. The molecule has 72 valence electrons. The first-order valence-corrected chi connectivity index (χ1v) is 5.01. The first-order valence-electron chi connectivity index (χ1n) is 4.13. The van der Waals surface area contributed by atoms with Crippen molar-refractivity contribution in [3.05, 3.63) is 33.8 Å². The fourth-order valence-corrected chi connectivity index (χ4v) is 2.09. The number of hydrogen-bond acceptors (Lipinski definition) is 4. The Bertz CT molecular complexity index is 430. The Kier molecular flexibility index (Phi) is 2.17. The molecule has 0 N–H and O–H groups in total.